The highest BCUT2D eigenvalue weighted by Crippen LogP contribution is 2.23. The maximum absolute atomic E-state index is 12.3. The van der Waals surface area contributed by atoms with Crippen LogP contribution < -0.4 is 4.74 Å². The van der Waals surface area contributed by atoms with Crippen LogP contribution in [0.3, 0.4) is 0 Å². The summed E-state index contributed by atoms with van der Waals surface area (Å²) in [4.78, 5) is 34.3. The van der Waals surface area contributed by atoms with Gasteiger partial charge in [0.25, 0.3) is 0 Å². The van der Waals surface area contributed by atoms with E-state index in [4.69, 9.17) is 9.84 Å². The zero-order valence-corrected chi connectivity index (χ0v) is 13.3. The van der Waals surface area contributed by atoms with E-state index in [0.717, 1.165) is 11.1 Å². The van der Waals surface area contributed by atoms with Crippen LogP contribution in [0.4, 0.5) is 0 Å². The smallest absolute Gasteiger partial charge is 0.372 e. The fourth-order valence-electron chi connectivity index (χ4n) is 2.33. The third-order valence-electron chi connectivity index (χ3n) is 3.45. The van der Waals surface area contributed by atoms with Gasteiger partial charge in [-0.25, -0.2) is 4.79 Å². The van der Waals surface area contributed by atoms with Crippen molar-refractivity contribution in [2.24, 2.45) is 0 Å². The van der Waals surface area contributed by atoms with E-state index < -0.39 is 24.0 Å². The van der Waals surface area contributed by atoms with E-state index in [1.807, 2.05) is 36.4 Å². The summed E-state index contributed by atoms with van der Waals surface area (Å²) in [5, 5.41) is 8.67. The molecule has 0 spiro atoms. The van der Waals surface area contributed by atoms with Gasteiger partial charge in [0.15, 0.2) is 5.78 Å². The van der Waals surface area contributed by atoms with E-state index in [2.05, 4.69) is 0 Å². The first-order valence-electron chi connectivity index (χ1n) is 7.60. The van der Waals surface area contributed by atoms with Crippen LogP contribution in [-0.4, -0.2) is 29.2 Å². The van der Waals surface area contributed by atoms with Gasteiger partial charge in [-0.05, 0) is 36.6 Å². The van der Waals surface area contributed by atoms with Crippen molar-refractivity contribution >= 4 is 17.5 Å². The summed E-state index contributed by atoms with van der Waals surface area (Å²) in [5.41, 5.74) is 2.21. The predicted molar refractivity (Wildman–Crippen MR) is 88.4 cm³/mol. The number of rotatable bonds is 8. The Morgan fingerprint density at radius 2 is 1.71 bits per heavy atom. The second-order valence-electron chi connectivity index (χ2n) is 5.25. The molecule has 0 unspecified atom stereocenters. The minimum atomic E-state index is -1.61. The normalized spacial score (nSPS) is 10.2. The maximum atomic E-state index is 12.3. The van der Waals surface area contributed by atoms with E-state index in [1.54, 1.807) is 19.1 Å². The zero-order valence-electron chi connectivity index (χ0n) is 13.3. The van der Waals surface area contributed by atoms with E-state index in [1.165, 1.54) is 0 Å². The molecule has 0 bridgehead atoms. The summed E-state index contributed by atoms with van der Waals surface area (Å²) in [6.07, 6.45) is -0.0510. The molecule has 0 aliphatic rings. The van der Waals surface area contributed by atoms with Crippen molar-refractivity contribution in [3.63, 3.8) is 0 Å². The van der Waals surface area contributed by atoms with Gasteiger partial charge >= 0.3 is 5.97 Å². The molecule has 5 heteroatoms. The first-order valence-corrected chi connectivity index (χ1v) is 7.60. The van der Waals surface area contributed by atoms with Gasteiger partial charge in [-0.15, -0.1) is 0 Å². The molecule has 0 fully saturated rings. The van der Waals surface area contributed by atoms with Crippen LogP contribution in [0, 0.1) is 0 Å². The summed E-state index contributed by atoms with van der Waals surface area (Å²) in [6.45, 7) is 2.15. The van der Waals surface area contributed by atoms with E-state index in [9.17, 15) is 14.4 Å². The van der Waals surface area contributed by atoms with Crippen LogP contribution in [0.25, 0.3) is 0 Å². The lowest BCUT2D eigenvalue weighted by atomic mass is 9.98. The van der Waals surface area contributed by atoms with Gasteiger partial charge < -0.3 is 9.84 Å². The Morgan fingerprint density at radius 1 is 1.00 bits per heavy atom. The van der Waals surface area contributed by atoms with Crippen molar-refractivity contribution in [3.8, 4) is 5.75 Å². The lowest BCUT2D eigenvalue weighted by molar-refractivity contribution is -0.148. The Bertz CT molecular complexity index is 750. The van der Waals surface area contributed by atoms with E-state index in [-0.39, 0.29) is 5.56 Å². The number of carbonyl (C=O) groups is 3. The van der Waals surface area contributed by atoms with Crippen molar-refractivity contribution in [3.05, 3.63) is 65.2 Å². The highest BCUT2D eigenvalue weighted by atomic mass is 16.5. The standard InChI is InChI=1S/C19H18O5/c1-2-24-18-9-8-14(10-13-6-4-3-5-7-13)11-15(18)16(20)12-17(21)19(22)23/h3-9,11H,2,10,12H2,1H3,(H,22,23). The molecule has 124 valence electrons. The van der Waals surface area contributed by atoms with Crippen molar-refractivity contribution in [1.29, 1.82) is 0 Å². The average molecular weight is 326 g/mol. The molecule has 2 aromatic carbocycles. The third-order valence-corrected chi connectivity index (χ3v) is 3.45. The monoisotopic (exact) mass is 326 g/mol. The Balaban J connectivity index is 2.28. The molecule has 2 aromatic rings. The van der Waals surface area contributed by atoms with Crippen LogP contribution in [0.1, 0.15) is 34.8 Å². The first kappa shape index (κ1) is 17.4. The van der Waals surface area contributed by atoms with Crippen molar-refractivity contribution in [2.75, 3.05) is 6.61 Å². The van der Waals surface area contributed by atoms with Gasteiger partial charge in [0.05, 0.1) is 18.6 Å². The van der Waals surface area contributed by atoms with Crippen LogP contribution in [0.15, 0.2) is 48.5 Å². The first-order chi connectivity index (χ1) is 11.5. The maximum Gasteiger partial charge on any atom is 0.372 e. The average Bonchev–Trinajstić information content (AvgIpc) is 2.57. The van der Waals surface area contributed by atoms with Crippen LogP contribution >= 0.6 is 0 Å². The summed E-state index contributed by atoms with van der Waals surface area (Å²) < 4.78 is 5.43. The second kappa shape index (κ2) is 8.06. The molecule has 24 heavy (non-hydrogen) atoms. The van der Waals surface area contributed by atoms with Gasteiger partial charge in [-0.3, -0.25) is 9.59 Å². The molecule has 0 amide bonds. The number of hydrogen-bond donors (Lipinski definition) is 1. The third kappa shape index (κ3) is 4.52. The molecular formula is C19H18O5. The summed E-state index contributed by atoms with van der Waals surface area (Å²) in [6, 6.07) is 14.9. The molecule has 0 saturated heterocycles. The molecule has 0 aromatic heterocycles. The lowest BCUT2D eigenvalue weighted by Gasteiger charge is -2.11. The van der Waals surface area contributed by atoms with E-state index in [0.29, 0.717) is 18.8 Å². The highest BCUT2D eigenvalue weighted by Gasteiger charge is 2.21. The fourth-order valence-corrected chi connectivity index (χ4v) is 2.33. The van der Waals surface area contributed by atoms with Gasteiger partial charge in [-0.1, -0.05) is 36.4 Å². The Hall–Kier alpha value is -2.95. The Labute approximate surface area is 139 Å². The number of hydrogen-bond acceptors (Lipinski definition) is 4. The number of ether oxygens (including phenoxy) is 1. The number of aliphatic carboxylic acids is 1. The summed E-state index contributed by atoms with van der Waals surface area (Å²) in [7, 11) is 0. The molecule has 2 rings (SSSR count). The molecule has 0 heterocycles. The lowest BCUT2D eigenvalue weighted by Crippen LogP contribution is -2.18. The second-order valence-corrected chi connectivity index (χ2v) is 5.25. The predicted octanol–water partition coefficient (Wildman–Crippen LogP) is 2.90. The van der Waals surface area contributed by atoms with Crippen molar-refractivity contribution in [2.45, 2.75) is 19.8 Å². The number of Topliss-reactive ketones (excluding diaryl/α,β-unsaturated/α-hetero) is 2. The molecule has 5 nitrogen and oxygen atoms in total. The van der Waals surface area contributed by atoms with Gasteiger partial charge in [0, 0.05) is 0 Å². The van der Waals surface area contributed by atoms with Gasteiger partial charge in [0.1, 0.15) is 5.75 Å². The van der Waals surface area contributed by atoms with Crippen molar-refractivity contribution in [1.82, 2.24) is 0 Å². The number of carboxylic acid groups (broad SMARTS) is 1. The van der Waals surface area contributed by atoms with Crippen LogP contribution in [0.5, 0.6) is 5.75 Å². The highest BCUT2D eigenvalue weighted by molar-refractivity contribution is 6.37. The molecule has 0 radical (unpaired) electrons. The van der Waals surface area contributed by atoms with Gasteiger partial charge in [-0.2, -0.15) is 0 Å². The SMILES string of the molecule is CCOc1ccc(Cc2ccccc2)cc1C(=O)CC(=O)C(=O)O. The molecule has 1 N–H and O–H groups in total. The van der Waals surface area contributed by atoms with Crippen molar-refractivity contribution < 1.29 is 24.2 Å². The summed E-state index contributed by atoms with van der Waals surface area (Å²) >= 11 is 0. The van der Waals surface area contributed by atoms with E-state index >= 15 is 0 Å². The largest absolute Gasteiger partial charge is 0.493 e. The molecule has 0 aliphatic heterocycles. The summed E-state index contributed by atoms with van der Waals surface area (Å²) in [5.74, 6) is -2.93. The number of benzene rings is 2. The quantitative estimate of drug-likeness (QED) is 0.458. The minimum absolute atomic E-state index is 0.236. The molecule has 0 atom stereocenters. The number of carbonyl (C=O) groups excluding carboxylic acids is 2. The Morgan fingerprint density at radius 3 is 2.33 bits per heavy atom. The minimum Gasteiger partial charge on any atom is -0.493 e. The Kier molecular flexibility index (Phi) is 5.84. The zero-order chi connectivity index (χ0) is 17.5. The van der Waals surface area contributed by atoms with Gasteiger partial charge in [0.2, 0.25) is 5.78 Å². The van der Waals surface area contributed by atoms with Crippen LogP contribution in [-0.2, 0) is 16.0 Å². The number of carboxylic acids is 1. The molecular weight excluding hydrogens is 308 g/mol. The number of ketones is 2. The topological polar surface area (TPSA) is 80.7 Å². The molecule has 0 aliphatic carbocycles. The fraction of sp³-hybridized carbons (Fsp3) is 0.211. The molecule has 0 saturated carbocycles. The van der Waals surface area contributed by atoms with Crippen LogP contribution in [0.2, 0.25) is 0 Å².